The number of benzene rings is 2. The molecule has 2 amide bonds. The molecule has 0 N–H and O–H groups in total. The molecule has 0 saturated carbocycles. The second-order valence-electron chi connectivity index (χ2n) is 7.74. The van der Waals surface area contributed by atoms with Crippen molar-refractivity contribution in [3.8, 4) is 0 Å². The van der Waals surface area contributed by atoms with Crippen LogP contribution >= 0.6 is 0 Å². The number of piperazine rings is 1. The second kappa shape index (κ2) is 9.12. The lowest BCUT2D eigenvalue weighted by Gasteiger charge is -2.37. The Morgan fingerprint density at radius 2 is 1.66 bits per heavy atom. The van der Waals surface area contributed by atoms with Crippen LogP contribution in [-0.4, -0.2) is 49.4 Å². The van der Waals surface area contributed by atoms with Gasteiger partial charge in [0.2, 0.25) is 11.8 Å². The van der Waals surface area contributed by atoms with Crippen LogP contribution in [0.2, 0.25) is 0 Å². The zero-order valence-corrected chi connectivity index (χ0v) is 17.9. The van der Waals surface area contributed by atoms with Gasteiger partial charge in [-0.15, -0.1) is 0 Å². The zero-order valence-electron chi connectivity index (χ0n) is 17.9. The third kappa shape index (κ3) is 4.78. The number of anilines is 2. The first-order valence-electron chi connectivity index (χ1n) is 10.4. The Morgan fingerprint density at radius 1 is 0.966 bits per heavy atom. The molecular formula is C24H31N3O2. The fraction of sp³-hybridized carbons (Fsp3) is 0.417. The van der Waals surface area contributed by atoms with Crippen LogP contribution in [0.15, 0.2) is 42.5 Å². The fourth-order valence-electron chi connectivity index (χ4n) is 3.91. The van der Waals surface area contributed by atoms with E-state index in [0.29, 0.717) is 19.6 Å². The Morgan fingerprint density at radius 3 is 2.31 bits per heavy atom. The van der Waals surface area contributed by atoms with Crippen LogP contribution in [-0.2, 0) is 9.59 Å². The average Bonchev–Trinajstić information content (AvgIpc) is 2.71. The van der Waals surface area contributed by atoms with Gasteiger partial charge in [0, 0.05) is 44.1 Å². The molecule has 2 aromatic rings. The van der Waals surface area contributed by atoms with Crippen molar-refractivity contribution in [3.05, 3.63) is 59.2 Å². The van der Waals surface area contributed by atoms with Crippen LogP contribution in [0.1, 0.15) is 30.0 Å². The van der Waals surface area contributed by atoms with Gasteiger partial charge in [0.1, 0.15) is 6.42 Å². The van der Waals surface area contributed by atoms with Crippen LogP contribution in [0, 0.1) is 20.8 Å². The Labute approximate surface area is 173 Å². The highest BCUT2D eigenvalue weighted by Crippen LogP contribution is 2.24. The molecule has 5 heteroatoms. The molecule has 1 saturated heterocycles. The molecule has 0 aromatic heterocycles. The molecule has 0 unspecified atom stereocenters. The molecule has 29 heavy (non-hydrogen) atoms. The first kappa shape index (κ1) is 20.9. The first-order chi connectivity index (χ1) is 13.9. The summed E-state index contributed by atoms with van der Waals surface area (Å²) >= 11 is 0. The summed E-state index contributed by atoms with van der Waals surface area (Å²) in [6.07, 6.45) is -0.0781. The van der Waals surface area contributed by atoms with E-state index in [1.807, 2.05) is 43.0 Å². The van der Waals surface area contributed by atoms with Crippen molar-refractivity contribution < 1.29 is 9.59 Å². The van der Waals surface area contributed by atoms with Gasteiger partial charge in [0.05, 0.1) is 0 Å². The fourth-order valence-corrected chi connectivity index (χ4v) is 3.91. The minimum atomic E-state index is -0.139. The van der Waals surface area contributed by atoms with E-state index < -0.39 is 0 Å². The number of nitrogens with zero attached hydrogens (tertiary/aromatic N) is 3. The summed E-state index contributed by atoms with van der Waals surface area (Å²) in [5.74, 6) is -0.221. The van der Waals surface area contributed by atoms with E-state index in [0.717, 1.165) is 24.3 Å². The van der Waals surface area contributed by atoms with Crippen molar-refractivity contribution >= 4 is 23.2 Å². The number of hydrogen-bond donors (Lipinski definition) is 0. The maximum absolute atomic E-state index is 12.8. The number of carbonyl (C=O) groups excluding carboxylic acids is 2. The normalized spacial score (nSPS) is 14.1. The van der Waals surface area contributed by atoms with Gasteiger partial charge in [-0.1, -0.05) is 24.3 Å². The van der Waals surface area contributed by atoms with Crippen LogP contribution in [0.3, 0.4) is 0 Å². The SMILES string of the molecule is CCN(C(=O)CC(=O)N1CCN(c2cccc(C)c2C)CC1)c1cccc(C)c1. The standard InChI is InChI=1S/C24H31N3O2/c1-5-27(21-10-6-8-18(2)16-21)24(29)17-23(28)26-14-12-25(13-15-26)22-11-7-9-19(3)20(22)4/h6-11,16H,5,12-15,17H2,1-4H3. The Balaban J connectivity index is 1.59. The lowest BCUT2D eigenvalue weighted by atomic mass is 10.1. The zero-order chi connectivity index (χ0) is 21.0. The summed E-state index contributed by atoms with van der Waals surface area (Å²) in [6, 6.07) is 14.2. The van der Waals surface area contributed by atoms with E-state index in [1.54, 1.807) is 4.90 Å². The smallest absolute Gasteiger partial charge is 0.236 e. The maximum atomic E-state index is 12.8. The van der Waals surface area contributed by atoms with Gasteiger partial charge in [-0.05, 0) is 62.6 Å². The highest BCUT2D eigenvalue weighted by atomic mass is 16.2. The average molecular weight is 394 g/mol. The van der Waals surface area contributed by atoms with E-state index in [2.05, 4.69) is 36.9 Å². The number of amides is 2. The van der Waals surface area contributed by atoms with E-state index >= 15 is 0 Å². The molecule has 154 valence electrons. The molecular weight excluding hydrogens is 362 g/mol. The van der Waals surface area contributed by atoms with Crippen molar-refractivity contribution in [1.29, 1.82) is 0 Å². The minimum Gasteiger partial charge on any atom is -0.368 e. The highest BCUT2D eigenvalue weighted by Gasteiger charge is 2.25. The molecule has 2 aromatic carbocycles. The van der Waals surface area contributed by atoms with Gasteiger partial charge in [-0.3, -0.25) is 9.59 Å². The summed E-state index contributed by atoms with van der Waals surface area (Å²) in [6.45, 7) is 11.6. The lowest BCUT2D eigenvalue weighted by Crippen LogP contribution is -2.50. The van der Waals surface area contributed by atoms with Crippen molar-refractivity contribution in [3.63, 3.8) is 0 Å². The number of rotatable bonds is 5. The maximum Gasteiger partial charge on any atom is 0.236 e. The highest BCUT2D eigenvalue weighted by molar-refractivity contribution is 6.05. The second-order valence-corrected chi connectivity index (χ2v) is 7.74. The third-order valence-electron chi connectivity index (χ3n) is 5.78. The lowest BCUT2D eigenvalue weighted by molar-refractivity contribution is -0.135. The Bertz CT molecular complexity index is 885. The minimum absolute atomic E-state index is 0.0781. The quantitative estimate of drug-likeness (QED) is 0.728. The van der Waals surface area contributed by atoms with E-state index in [-0.39, 0.29) is 18.2 Å². The van der Waals surface area contributed by atoms with Crippen molar-refractivity contribution in [2.24, 2.45) is 0 Å². The van der Waals surface area contributed by atoms with Gasteiger partial charge >= 0.3 is 0 Å². The summed E-state index contributed by atoms with van der Waals surface area (Å²) < 4.78 is 0. The molecule has 1 fully saturated rings. The monoisotopic (exact) mass is 393 g/mol. The van der Waals surface area contributed by atoms with Gasteiger partial charge in [-0.25, -0.2) is 0 Å². The molecule has 0 aliphatic carbocycles. The summed E-state index contributed by atoms with van der Waals surface area (Å²) in [5.41, 5.74) is 5.76. The molecule has 0 radical (unpaired) electrons. The third-order valence-corrected chi connectivity index (χ3v) is 5.78. The summed E-state index contributed by atoms with van der Waals surface area (Å²) in [7, 11) is 0. The van der Waals surface area contributed by atoms with Gasteiger partial charge in [-0.2, -0.15) is 0 Å². The van der Waals surface area contributed by atoms with Crippen molar-refractivity contribution in [2.75, 3.05) is 42.5 Å². The van der Waals surface area contributed by atoms with Crippen molar-refractivity contribution in [1.82, 2.24) is 4.90 Å². The van der Waals surface area contributed by atoms with Gasteiger partial charge in [0.15, 0.2) is 0 Å². The van der Waals surface area contributed by atoms with Crippen LogP contribution in [0.4, 0.5) is 11.4 Å². The molecule has 1 aliphatic rings. The van der Waals surface area contributed by atoms with Crippen LogP contribution in [0.25, 0.3) is 0 Å². The van der Waals surface area contributed by atoms with Crippen LogP contribution < -0.4 is 9.80 Å². The van der Waals surface area contributed by atoms with E-state index in [4.69, 9.17) is 0 Å². The van der Waals surface area contributed by atoms with Gasteiger partial charge < -0.3 is 14.7 Å². The predicted molar refractivity (Wildman–Crippen MR) is 119 cm³/mol. The Hall–Kier alpha value is -2.82. The number of aryl methyl sites for hydroxylation is 2. The Kier molecular flexibility index (Phi) is 6.57. The molecule has 1 heterocycles. The molecule has 1 aliphatic heterocycles. The van der Waals surface area contributed by atoms with Crippen LogP contribution in [0.5, 0.6) is 0 Å². The first-order valence-corrected chi connectivity index (χ1v) is 10.4. The molecule has 0 atom stereocenters. The largest absolute Gasteiger partial charge is 0.368 e. The van der Waals surface area contributed by atoms with E-state index in [1.165, 1.54) is 16.8 Å². The predicted octanol–water partition coefficient (Wildman–Crippen LogP) is 3.70. The summed E-state index contributed by atoms with van der Waals surface area (Å²) in [4.78, 5) is 31.4. The number of hydrogen-bond acceptors (Lipinski definition) is 3. The molecule has 5 nitrogen and oxygen atoms in total. The van der Waals surface area contributed by atoms with Gasteiger partial charge in [0.25, 0.3) is 0 Å². The molecule has 0 bridgehead atoms. The summed E-state index contributed by atoms with van der Waals surface area (Å²) in [5, 5.41) is 0. The molecule has 0 spiro atoms. The van der Waals surface area contributed by atoms with E-state index in [9.17, 15) is 9.59 Å². The molecule has 3 rings (SSSR count). The number of carbonyl (C=O) groups is 2. The van der Waals surface area contributed by atoms with Crippen molar-refractivity contribution in [2.45, 2.75) is 34.1 Å². The topological polar surface area (TPSA) is 43.9 Å².